The van der Waals surface area contributed by atoms with Crippen LogP contribution in [0.5, 0.6) is 0 Å². The number of methoxy groups -OCH3 is 1. The summed E-state index contributed by atoms with van der Waals surface area (Å²) in [6, 6.07) is 0. The van der Waals surface area contributed by atoms with E-state index in [9.17, 15) is 4.79 Å². The summed E-state index contributed by atoms with van der Waals surface area (Å²) in [5.74, 6) is 0.134. The lowest BCUT2D eigenvalue weighted by Gasteiger charge is -2.07. The Kier molecular flexibility index (Phi) is 3.83. The molecule has 0 aliphatic rings. The average Bonchev–Trinajstić information content (AvgIpc) is 2.60. The minimum Gasteiger partial charge on any atom is -0.385 e. The number of aromatic nitrogens is 2. The Bertz CT molecular complexity index is 307. The minimum absolute atomic E-state index is 0.000787. The molecule has 14 heavy (non-hydrogen) atoms. The fourth-order valence-corrected chi connectivity index (χ4v) is 1.26. The van der Waals surface area contributed by atoms with Crippen LogP contribution in [0.2, 0.25) is 0 Å². The lowest BCUT2D eigenvalue weighted by molar-refractivity contribution is 0.0893. The maximum absolute atomic E-state index is 11.8. The van der Waals surface area contributed by atoms with Gasteiger partial charge >= 0.3 is 0 Å². The van der Waals surface area contributed by atoms with Gasteiger partial charge in [-0.3, -0.25) is 9.48 Å². The SMILES string of the molecule is COCCC(C)C(=O)c1cnn(C)c1. The number of ketones is 1. The van der Waals surface area contributed by atoms with Gasteiger partial charge in [-0.15, -0.1) is 0 Å². The molecular weight excluding hydrogens is 180 g/mol. The summed E-state index contributed by atoms with van der Waals surface area (Å²) in [6.45, 7) is 2.53. The summed E-state index contributed by atoms with van der Waals surface area (Å²) in [5, 5.41) is 3.96. The number of hydrogen-bond donors (Lipinski definition) is 0. The molecule has 1 rings (SSSR count). The van der Waals surface area contributed by atoms with Crippen molar-refractivity contribution >= 4 is 5.78 Å². The Balaban J connectivity index is 2.56. The van der Waals surface area contributed by atoms with Gasteiger partial charge in [0.25, 0.3) is 0 Å². The normalized spacial score (nSPS) is 12.8. The summed E-state index contributed by atoms with van der Waals surface area (Å²) in [5.41, 5.74) is 0.677. The molecule has 0 N–H and O–H groups in total. The zero-order chi connectivity index (χ0) is 10.6. The van der Waals surface area contributed by atoms with E-state index >= 15 is 0 Å². The zero-order valence-electron chi connectivity index (χ0n) is 8.86. The number of aryl methyl sites for hydroxylation is 1. The molecule has 4 nitrogen and oxygen atoms in total. The highest BCUT2D eigenvalue weighted by atomic mass is 16.5. The van der Waals surface area contributed by atoms with Gasteiger partial charge in [-0.2, -0.15) is 5.10 Å². The van der Waals surface area contributed by atoms with E-state index in [2.05, 4.69) is 5.10 Å². The van der Waals surface area contributed by atoms with Crippen molar-refractivity contribution in [2.75, 3.05) is 13.7 Å². The molecule has 1 heterocycles. The molecule has 78 valence electrons. The van der Waals surface area contributed by atoms with E-state index in [1.54, 1.807) is 31.2 Å². The first-order valence-corrected chi connectivity index (χ1v) is 4.67. The van der Waals surface area contributed by atoms with Crippen molar-refractivity contribution in [3.05, 3.63) is 18.0 Å². The van der Waals surface area contributed by atoms with Gasteiger partial charge in [0, 0.05) is 32.9 Å². The van der Waals surface area contributed by atoms with Crippen LogP contribution in [0.3, 0.4) is 0 Å². The number of carbonyl (C=O) groups excluding carboxylic acids is 1. The molecular formula is C10H16N2O2. The molecule has 0 saturated heterocycles. The Labute approximate surface area is 83.9 Å². The Morgan fingerprint density at radius 2 is 2.43 bits per heavy atom. The van der Waals surface area contributed by atoms with Gasteiger partial charge in [0.15, 0.2) is 5.78 Å². The van der Waals surface area contributed by atoms with Crippen LogP contribution < -0.4 is 0 Å². The van der Waals surface area contributed by atoms with Crippen molar-refractivity contribution in [1.29, 1.82) is 0 Å². The summed E-state index contributed by atoms with van der Waals surface area (Å²) < 4.78 is 6.57. The maximum Gasteiger partial charge on any atom is 0.168 e. The number of Topliss-reactive ketones (excluding diaryl/α,β-unsaturated/α-hetero) is 1. The van der Waals surface area contributed by atoms with E-state index in [4.69, 9.17) is 4.74 Å². The predicted octanol–water partition coefficient (Wildman–Crippen LogP) is 1.28. The molecule has 0 bridgehead atoms. The second-order valence-electron chi connectivity index (χ2n) is 3.45. The van der Waals surface area contributed by atoms with Crippen LogP contribution in [0.1, 0.15) is 23.7 Å². The fourth-order valence-electron chi connectivity index (χ4n) is 1.26. The standard InChI is InChI=1S/C10H16N2O2/c1-8(4-5-14-3)10(13)9-6-11-12(2)7-9/h6-8H,4-5H2,1-3H3. The number of carbonyl (C=O) groups is 1. The molecule has 4 heteroatoms. The van der Waals surface area contributed by atoms with Gasteiger partial charge in [-0.25, -0.2) is 0 Å². The minimum atomic E-state index is -0.000787. The van der Waals surface area contributed by atoms with Crippen molar-refractivity contribution in [3.63, 3.8) is 0 Å². The Hall–Kier alpha value is -1.16. The number of hydrogen-bond acceptors (Lipinski definition) is 3. The molecule has 0 spiro atoms. The largest absolute Gasteiger partial charge is 0.385 e. The van der Waals surface area contributed by atoms with Crippen LogP contribution in [0, 0.1) is 5.92 Å². The highest BCUT2D eigenvalue weighted by Gasteiger charge is 2.15. The first kappa shape index (κ1) is 10.9. The van der Waals surface area contributed by atoms with Gasteiger partial charge in [-0.1, -0.05) is 6.92 Å². The highest BCUT2D eigenvalue weighted by molar-refractivity contribution is 5.97. The molecule has 0 saturated carbocycles. The molecule has 1 unspecified atom stereocenters. The number of nitrogens with zero attached hydrogens (tertiary/aromatic N) is 2. The van der Waals surface area contributed by atoms with Gasteiger partial charge in [0.05, 0.1) is 11.8 Å². The topological polar surface area (TPSA) is 44.1 Å². The lowest BCUT2D eigenvalue weighted by Crippen LogP contribution is -2.12. The summed E-state index contributed by atoms with van der Waals surface area (Å²) in [4.78, 5) is 11.8. The summed E-state index contributed by atoms with van der Waals surface area (Å²) in [6.07, 6.45) is 4.10. The van der Waals surface area contributed by atoms with Crippen LogP contribution >= 0.6 is 0 Å². The van der Waals surface area contributed by atoms with E-state index < -0.39 is 0 Å². The fraction of sp³-hybridized carbons (Fsp3) is 0.600. The number of ether oxygens (including phenoxy) is 1. The molecule has 1 atom stereocenters. The molecule has 1 aromatic rings. The van der Waals surface area contributed by atoms with E-state index in [1.807, 2.05) is 6.92 Å². The third-order valence-corrected chi connectivity index (χ3v) is 2.19. The van der Waals surface area contributed by atoms with E-state index in [0.29, 0.717) is 12.2 Å². The van der Waals surface area contributed by atoms with E-state index in [1.165, 1.54) is 0 Å². The van der Waals surface area contributed by atoms with Crippen molar-refractivity contribution in [2.24, 2.45) is 13.0 Å². The van der Waals surface area contributed by atoms with Gasteiger partial charge in [-0.05, 0) is 6.42 Å². The number of rotatable bonds is 5. The molecule has 0 radical (unpaired) electrons. The predicted molar refractivity (Wildman–Crippen MR) is 53.2 cm³/mol. The molecule has 0 aliphatic carbocycles. The van der Waals surface area contributed by atoms with Crippen molar-refractivity contribution in [1.82, 2.24) is 9.78 Å². The zero-order valence-corrected chi connectivity index (χ0v) is 8.86. The average molecular weight is 196 g/mol. The van der Waals surface area contributed by atoms with Crippen LogP contribution in [0.4, 0.5) is 0 Å². The quantitative estimate of drug-likeness (QED) is 0.666. The van der Waals surface area contributed by atoms with E-state index in [0.717, 1.165) is 6.42 Å². The lowest BCUT2D eigenvalue weighted by atomic mass is 9.99. The summed E-state index contributed by atoms with van der Waals surface area (Å²) >= 11 is 0. The van der Waals surface area contributed by atoms with E-state index in [-0.39, 0.29) is 11.7 Å². The van der Waals surface area contributed by atoms with Crippen LogP contribution in [-0.4, -0.2) is 29.3 Å². The van der Waals surface area contributed by atoms with Gasteiger partial charge in [0.1, 0.15) is 0 Å². The maximum atomic E-state index is 11.8. The van der Waals surface area contributed by atoms with Gasteiger partial charge < -0.3 is 4.74 Å². The molecule has 1 aromatic heterocycles. The first-order valence-electron chi connectivity index (χ1n) is 4.67. The Morgan fingerprint density at radius 1 is 1.71 bits per heavy atom. The second kappa shape index (κ2) is 4.91. The van der Waals surface area contributed by atoms with Gasteiger partial charge in [0.2, 0.25) is 0 Å². The molecule has 0 amide bonds. The smallest absolute Gasteiger partial charge is 0.168 e. The highest BCUT2D eigenvalue weighted by Crippen LogP contribution is 2.11. The van der Waals surface area contributed by atoms with Crippen molar-refractivity contribution in [2.45, 2.75) is 13.3 Å². The van der Waals surface area contributed by atoms with Crippen LogP contribution in [0.15, 0.2) is 12.4 Å². The second-order valence-corrected chi connectivity index (χ2v) is 3.45. The van der Waals surface area contributed by atoms with Crippen LogP contribution in [0.25, 0.3) is 0 Å². The monoisotopic (exact) mass is 196 g/mol. The molecule has 0 aliphatic heterocycles. The molecule has 0 aromatic carbocycles. The van der Waals surface area contributed by atoms with Crippen molar-refractivity contribution in [3.8, 4) is 0 Å². The van der Waals surface area contributed by atoms with Crippen LogP contribution in [-0.2, 0) is 11.8 Å². The third kappa shape index (κ3) is 2.67. The molecule has 0 fully saturated rings. The third-order valence-electron chi connectivity index (χ3n) is 2.19. The summed E-state index contributed by atoms with van der Waals surface area (Å²) in [7, 11) is 3.44. The first-order chi connectivity index (χ1) is 6.65. The Morgan fingerprint density at radius 3 is 2.93 bits per heavy atom. The van der Waals surface area contributed by atoms with Crippen molar-refractivity contribution < 1.29 is 9.53 Å².